The first-order valence-corrected chi connectivity index (χ1v) is 7.14. The van der Waals surface area contributed by atoms with E-state index in [1.54, 1.807) is 0 Å². The van der Waals surface area contributed by atoms with Gasteiger partial charge in [-0.25, -0.2) is 4.21 Å². The van der Waals surface area contributed by atoms with Gasteiger partial charge in [-0.2, -0.15) is 0 Å². The van der Waals surface area contributed by atoms with Crippen molar-refractivity contribution in [3.63, 3.8) is 0 Å². The van der Waals surface area contributed by atoms with Crippen LogP contribution in [-0.4, -0.2) is 15.2 Å². The van der Waals surface area contributed by atoms with Gasteiger partial charge in [0, 0.05) is 20.7 Å². The molecule has 13 heavy (non-hydrogen) atoms. The summed E-state index contributed by atoms with van der Waals surface area (Å²) in [6, 6.07) is 0. The lowest BCUT2D eigenvalue weighted by Gasteiger charge is -2.29. The minimum absolute atomic E-state index is 0.191. The summed E-state index contributed by atoms with van der Waals surface area (Å²) in [5, 5.41) is 0.191. The summed E-state index contributed by atoms with van der Waals surface area (Å²) in [4.78, 5) is 0. The summed E-state index contributed by atoms with van der Waals surface area (Å²) in [7, 11) is -2.26. The van der Waals surface area contributed by atoms with Crippen molar-refractivity contribution in [3.05, 3.63) is 0 Å². The van der Waals surface area contributed by atoms with Crippen molar-refractivity contribution >= 4 is 9.73 Å². The van der Waals surface area contributed by atoms with Crippen LogP contribution in [0.2, 0.25) is 0 Å². The van der Waals surface area contributed by atoms with Gasteiger partial charge in [-0.05, 0) is 18.8 Å². The van der Waals surface area contributed by atoms with E-state index in [9.17, 15) is 4.21 Å². The average Bonchev–Trinajstić information content (AvgIpc) is 2.18. The van der Waals surface area contributed by atoms with Crippen molar-refractivity contribution in [1.29, 1.82) is 4.78 Å². The number of rotatable bonds is 3. The molecule has 2 nitrogen and oxygen atoms in total. The van der Waals surface area contributed by atoms with Crippen LogP contribution in [0.3, 0.4) is 0 Å². The molecule has 0 radical (unpaired) electrons. The molecule has 0 aliphatic heterocycles. The van der Waals surface area contributed by atoms with E-state index in [0.29, 0.717) is 5.75 Å². The molecule has 0 heterocycles. The van der Waals surface area contributed by atoms with Gasteiger partial charge in [-0.3, -0.25) is 4.78 Å². The zero-order valence-corrected chi connectivity index (χ0v) is 9.53. The van der Waals surface area contributed by atoms with Gasteiger partial charge in [-0.1, -0.05) is 33.1 Å². The van der Waals surface area contributed by atoms with Gasteiger partial charge < -0.3 is 0 Å². The SMILES string of the molecule is CCC1CCCC(S(=N)(=O)CC)C1. The molecule has 1 saturated carbocycles. The highest BCUT2D eigenvalue weighted by Crippen LogP contribution is 2.31. The maximum absolute atomic E-state index is 11.8. The van der Waals surface area contributed by atoms with E-state index >= 15 is 0 Å². The molecular weight excluding hydrogens is 182 g/mol. The molecule has 0 aromatic heterocycles. The summed E-state index contributed by atoms with van der Waals surface area (Å²) in [5.74, 6) is 1.27. The highest BCUT2D eigenvalue weighted by atomic mass is 32.2. The summed E-state index contributed by atoms with van der Waals surface area (Å²) in [5.41, 5.74) is 0. The monoisotopic (exact) mass is 203 g/mol. The Bertz CT molecular complexity index is 246. The second-order valence-electron chi connectivity index (χ2n) is 4.08. The van der Waals surface area contributed by atoms with Crippen LogP contribution in [0.5, 0.6) is 0 Å². The molecule has 3 atom stereocenters. The van der Waals surface area contributed by atoms with Gasteiger partial charge in [-0.15, -0.1) is 0 Å². The molecule has 3 heteroatoms. The Morgan fingerprint density at radius 3 is 2.62 bits per heavy atom. The second kappa shape index (κ2) is 4.45. The molecule has 1 fully saturated rings. The Morgan fingerprint density at radius 1 is 1.38 bits per heavy atom. The first-order chi connectivity index (χ1) is 6.10. The maximum atomic E-state index is 11.8. The van der Waals surface area contributed by atoms with Crippen LogP contribution < -0.4 is 0 Å². The topological polar surface area (TPSA) is 40.9 Å². The molecule has 1 N–H and O–H groups in total. The normalized spacial score (nSPS) is 34.0. The van der Waals surface area contributed by atoms with E-state index < -0.39 is 9.73 Å². The smallest absolute Gasteiger partial charge is 0.0467 e. The molecule has 0 bridgehead atoms. The van der Waals surface area contributed by atoms with Gasteiger partial charge in [0.25, 0.3) is 0 Å². The van der Waals surface area contributed by atoms with Gasteiger partial charge in [0.1, 0.15) is 0 Å². The van der Waals surface area contributed by atoms with Crippen LogP contribution in [0.4, 0.5) is 0 Å². The molecule has 1 aliphatic carbocycles. The molecule has 78 valence electrons. The van der Waals surface area contributed by atoms with Gasteiger partial charge in [0.2, 0.25) is 0 Å². The third-order valence-corrected chi connectivity index (χ3v) is 5.64. The number of nitrogens with one attached hydrogen (secondary N) is 1. The number of hydrogen-bond donors (Lipinski definition) is 1. The third kappa shape index (κ3) is 2.70. The van der Waals surface area contributed by atoms with E-state index in [1.807, 2.05) is 6.92 Å². The molecule has 0 saturated heterocycles. The zero-order valence-electron chi connectivity index (χ0n) is 8.71. The first kappa shape index (κ1) is 11.0. The summed E-state index contributed by atoms with van der Waals surface area (Å²) in [6.07, 6.45) is 5.71. The van der Waals surface area contributed by atoms with Crippen molar-refractivity contribution in [3.8, 4) is 0 Å². The lowest BCUT2D eigenvalue weighted by Crippen LogP contribution is -2.28. The fourth-order valence-electron chi connectivity index (χ4n) is 2.19. The van der Waals surface area contributed by atoms with Gasteiger partial charge >= 0.3 is 0 Å². The molecule has 0 aromatic carbocycles. The Labute approximate surface area is 82.1 Å². The Morgan fingerprint density at radius 2 is 2.08 bits per heavy atom. The molecule has 1 aliphatic rings. The van der Waals surface area contributed by atoms with Crippen LogP contribution in [0.25, 0.3) is 0 Å². The Balaban J connectivity index is 2.61. The van der Waals surface area contributed by atoms with Crippen molar-refractivity contribution in [1.82, 2.24) is 0 Å². The quantitative estimate of drug-likeness (QED) is 0.752. The molecule has 0 amide bonds. The predicted molar refractivity (Wildman–Crippen MR) is 57.4 cm³/mol. The van der Waals surface area contributed by atoms with Crippen LogP contribution in [0, 0.1) is 10.7 Å². The van der Waals surface area contributed by atoms with Crippen molar-refractivity contribution < 1.29 is 4.21 Å². The van der Waals surface area contributed by atoms with E-state index in [-0.39, 0.29) is 5.25 Å². The second-order valence-corrected chi connectivity index (χ2v) is 6.77. The Kier molecular flexibility index (Phi) is 3.77. The molecule has 0 aromatic rings. The molecule has 3 unspecified atom stereocenters. The van der Waals surface area contributed by atoms with Gasteiger partial charge in [0.15, 0.2) is 0 Å². The third-order valence-electron chi connectivity index (χ3n) is 3.28. The zero-order chi connectivity index (χ0) is 9.90. The molecular formula is C10H21NOS. The van der Waals surface area contributed by atoms with Crippen LogP contribution >= 0.6 is 0 Å². The average molecular weight is 203 g/mol. The van der Waals surface area contributed by atoms with Crippen LogP contribution in [0.1, 0.15) is 46.0 Å². The van der Waals surface area contributed by atoms with E-state index in [0.717, 1.165) is 18.8 Å². The first-order valence-electron chi connectivity index (χ1n) is 5.35. The largest absolute Gasteiger partial charge is 0.253 e. The maximum Gasteiger partial charge on any atom is 0.0467 e. The van der Waals surface area contributed by atoms with Crippen LogP contribution in [-0.2, 0) is 9.73 Å². The van der Waals surface area contributed by atoms with E-state index in [1.165, 1.54) is 19.3 Å². The van der Waals surface area contributed by atoms with Crippen molar-refractivity contribution in [2.45, 2.75) is 51.2 Å². The fourth-order valence-corrected chi connectivity index (χ4v) is 3.80. The summed E-state index contributed by atoms with van der Waals surface area (Å²) in [6.45, 7) is 4.08. The van der Waals surface area contributed by atoms with E-state index in [4.69, 9.17) is 4.78 Å². The Hall–Kier alpha value is -0.0500. The molecule has 1 rings (SSSR count). The summed E-state index contributed by atoms with van der Waals surface area (Å²) >= 11 is 0. The van der Waals surface area contributed by atoms with Crippen molar-refractivity contribution in [2.24, 2.45) is 5.92 Å². The summed E-state index contributed by atoms with van der Waals surface area (Å²) < 4.78 is 19.6. The molecule has 0 spiro atoms. The lowest BCUT2D eigenvalue weighted by atomic mass is 9.87. The van der Waals surface area contributed by atoms with Crippen LogP contribution in [0.15, 0.2) is 0 Å². The fraction of sp³-hybridized carbons (Fsp3) is 1.00. The highest BCUT2D eigenvalue weighted by molar-refractivity contribution is 7.93. The van der Waals surface area contributed by atoms with Crippen molar-refractivity contribution in [2.75, 3.05) is 5.75 Å². The number of hydrogen-bond acceptors (Lipinski definition) is 2. The highest BCUT2D eigenvalue weighted by Gasteiger charge is 2.27. The minimum atomic E-state index is -2.26. The minimum Gasteiger partial charge on any atom is -0.253 e. The van der Waals surface area contributed by atoms with Gasteiger partial charge in [0.05, 0.1) is 0 Å². The van der Waals surface area contributed by atoms with E-state index in [2.05, 4.69) is 6.92 Å². The predicted octanol–water partition coefficient (Wildman–Crippen LogP) is 3.02. The lowest BCUT2D eigenvalue weighted by molar-refractivity contribution is 0.352. The standard InChI is InChI=1S/C10H21NOS/c1-3-9-6-5-7-10(8-9)13(11,12)4-2/h9-11H,3-8H2,1-2H3.